The normalized spacial score (nSPS) is 9.93. The molecule has 0 amide bonds. The Balaban J connectivity index is 2.26. The molecular formula is C11H15NO3. The SMILES string of the molecule is CCOC(=O)CNCc1ccc(O)cc1. The average Bonchev–Trinajstić information content (AvgIpc) is 2.21. The van der Waals surface area contributed by atoms with Gasteiger partial charge in [0.15, 0.2) is 0 Å². The summed E-state index contributed by atoms with van der Waals surface area (Å²) in [7, 11) is 0. The fourth-order valence-electron chi connectivity index (χ4n) is 1.13. The van der Waals surface area contributed by atoms with Gasteiger partial charge in [-0.2, -0.15) is 0 Å². The number of hydrogen-bond acceptors (Lipinski definition) is 4. The molecule has 0 spiro atoms. The van der Waals surface area contributed by atoms with Crippen molar-refractivity contribution in [1.29, 1.82) is 0 Å². The van der Waals surface area contributed by atoms with Crippen molar-refractivity contribution in [1.82, 2.24) is 5.32 Å². The van der Waals surface area contributed by atoms with Gasteiger partial charge in [-0.05, 0) is 24.6 Å². The predicted octanol–water partition coefficient (Wildman–Crippen LogP) is 1.04. The first-order chi connectivity index (χ1) is 7.22. The van der Waals surface area contributed by atoms with Crippen LogP contribution in [0.1, 0.15) is 12.5 Å². The molecule has 82 valence electrons. The first-order valence-electron chi connectivity index (χ1n) is 4.86. The molecule has 0 heterocycles. The van der Waals surface area contributed by atoms with Gasteiger partial charge in [0.1, 0.15) is 5.75 Å². The van der Waals surface area contributed by atoms with Crippen molar-refractivity contribution in [2.45, 2.75) is 13.5 Å². The van der Waals surface area contributed by atoms with E-state index in [0.717, 1.165) is 5.56 Å². The second-order valence-electron chi connectivity index (χ2n) is 3.08. The number of nitrogens with one attached hydrogen (secondary N) is 1. The van der Waals surface area contributed by atoms with Gasteiger partial charge in [0.05, 0.1) is 13.2 Å². The maximum atomic E-state index is 11.0. The number of phenolic OH excluding ortho intramolecular Hbond substituents is 1. The van der Waals surface area contributed by atoms with Crippen LogP contribution in [0.2, 0.25) is 0 Å². The highest BCUT2D eigenvalue weighted by molar-refractivity contribution is 5.71. The first kappa shape index (κ1) is 11.5. The third kappa shape index (κ3) is 4.46. The van der Waals surface area contributed by atoms with Gasteiger partial charge >= 0.3 is 5.97 Å². The van der Waals surface area contributed by atoms with E-state index < -0.39 is 0 Å². The average molecular weight is 209 g/mol. The Morgan fingerprint density at radius 2 is 2.07 bits per heavy atom. The number of aromatic hydroxyl groups is 1. The number of phenols is 1. The monoisotopic (exact) mass is 209 g/mol. The van der Waals surface area contributed by atoms with E-state index in [9.17, 15) is 4.79 Å². The molecule has 0 bridgehead atoms. The lowest BCUT2D eigenvalue weighted by Crippen LogP contribution is -2.24. The fourth-order valence-corrected chi connectivity index (χ4v) is 1.13. The van der Waals surface area contributed by atoms with E-state index in [1.54, 1.807) is 31.2 Å². The van der Waals surface area contributed by atoms with Gasteiger partial charge in [-0.25, -0.2) is 0 Å². The van der Waals surface area contributed by atoms with Gasteiger partial charge in [-0.15, -0.1) is 0 Å². The summed E-state index contributed by atoms with van der Waals surface area (Å²) in [5, 5.41) is 12.0. The summed E-state index contributed by atoms with van der Waals surface area (Å²) in [6, 6.07) is 6.82. The lowest BCUT2D eigenvalue weighted by molar-refractivity contribution is -0.142. The molecule has 2 N–H and O–H groups in total. The second kappa shape index (κ2) is 6.03. The number of rotatable bonds is 5. The van der Waals surface area contributed by atoms with Crippen molar-refractivity contribution in [3.8, 4) is 5.75 Å². The van der Waals surface area contributed by atoms with Crippen molar-refractivity contribution in [3.05, 3.63) is 29.8 Å². The van der Waals surface area contributed by atoms with Gasteiger partial charge in [0.2, 0.25) is 0 Å². The molecule has 0 aromatic heterocycles. The number of esters is 1. The highest BCUT2D eigenvalue weighted by atomic mass is 16.5. The molecule has 1 aromatic carbocycles. The number of hydrogen-bond donors (Lipinski definition) is 2. The van der Waals surface area contributed by atoms with E-state index in [-0.39, 0.29) is 18.3 Å². The molecule has 0 aliphatic rings. The maximum absolute atomic E-state index is 11.0. The topological polar surface area (TPSA) is 58.6 Å². The fraction of sp³-hybridized carbons (Fsp3) is 0.364. The number of carbonyl (C=O) groups is 1. The minimum absolute atomic E-state index is 0.203. The van der Waals surface area contributed by atoms with E-state index in [1.807, 2.05) is 0 Å². The molecule has 0 radical (unpaired) electrons. The summed E-state index contributed by atoms with van der Waals surface area (Å²) in [6.45, 7) is 2.96. The van der Waals surface area contributed by atoms with Crippen LogP contribution in [0.3, 0.4) is 0 Å². The van der Waals surface area contributed by atoms with Crippen LogP contribution in [-0.4, -0.2) is 24.2 Å². The van der Waals surface area contributed by atoms with Crippen LogP contribution in [0.4, 0.5) is 0 Å². The molecular weight excluding hydrogens is 194 g/mol. The van der Waals surface area contributed by atoms with E-state index in [2.05, 4.69) is 5.32 Å². The maximum Gasteiger partial charge on any atom is 0.319 e. The molecule has 0 unspecified atom stereocenters. The molecule has 1 aromatic rings. The summed E-state index contributed by atoms with van der Waals surface area (Å²) in [5.41, 5.74) is 1.01. The quantitative estimate of drug-likeness (QED) is 0.711. The van der Waals surface area contributed by atoms with Gasteiger partial charge in [-0.3, -0.25) is 4.79 Å². The van der Waals surface area contributed by atoms with Crippen LogP contribution in [0.5, 0.6) is 5.75 Å². The minimum atomic E-state index is -0.253. The molecule has 0 aliphatic heterocycles. The highest BCUT2D eigenvalue weighted by Gasteiger charge is 2.00. The summed E-state index contributed by atoms with van der Waals surface area (Å²) < 4.78 is 4.76. The summed E-state index contributed by atoms with van der Waals surface area (Å²) in [6.07, 6.45) is 0. The van der Waals surface area contributed by atoms with Gasteiger partial charge < -0.3 is 15.2 Å². The highest BCUT2D eigenvalue weighted by Crippen LogP contribution is 2.08. The zero-order valence-electron chi connectivity index (χ0n) is 8.69. The molecule has 4 nitrogen and oxygen atoms in total. The lowest BCUT2D eigenvalue weighted by atomic mass is 10.2. The van der Waals surface area contributed by atoms with Gasteiger partial charge in [-0.1, -0.05) is 12.1 Å². The molecule has 0 atom stereocenters. The van der Waals surface area contributed by atoms with Crippen LogP contribution in [-0.2, 0) is 16.1 Å². The number of ether oxygens (including phenoxy) is 1. The Morgan fingerprint density at radius 1 is 1.40 bits per heavy atom. The van der Waals surface area contributed by atoms with Crippen molar-refractivity contribution in [2.24, 2.45) is 0 Å². The largest absolute Gasteiger partial charge is 0.508 e. The van der Waals surface area contributed by atoms with E-state index in [0.29, 0.717) is 13.2 Å². The number of carbonyl (C=O) groups excluding carboxylic acids is 1. The van der Waals surface area contributed by atoms with Crippen molar-refractivity contribution < 1.29 is 14.6 Å². The Bertz CT molecular complexity index is 308. The van der Waals surface area contributed by atoms with Crippen LogP contribution in [0, 0.1) is 0 Å². The van der Waals surface area contributed by atoms with Crippen molar-refractivity contribution in [2.75, 3.05) is 13.2 Å². The Hall–Kier alpha value is -1.55. The molecule has 0 saturated carbocycles. The standard InChI is InChI=1S/C11H15NO3/c1-2-15-11(14)8-12-7-9-3-5-10(13)6-4-9/h3-6,12-13H,2,7-8H2,1H3. The zero-order chi connectivity index (χ0) is 11.1. The van der Waals surface area contributed by atoms with Crippen LogP contribution < -0.4 is 5.32 Å². The molecule has 0 saturated heterocycles. The van der Waals surface area contributed by atoms with Crippen LogP contribution >= 0.6 is 0 Å². The zero-order valence-corrected chi connectivity index (χ0v) is 8.69. The lowest BCUT2D eigenvalue weighted by Gasteiger charge is -2.04. The minimum Gasteiger partial charge on any atom is -0.508 e. The molecule has 4 heteroatoms. The van der Waals surface area contributed by atoms with Crippen molar-refractivity contribution >= 4 is 5.97 Å². The molecule has 0 aliphatic carbocycles. The number of benzene rings is 1. The predicted molar refractivity (Wildman–Crippen MR) is 56.4 cm³/mol. The third-order valence-electron chi connectivity index (χ3n) is 1.84. The summed E-state index contributed by atoms with van der Waals surface area (Å²) >= 11 is 0. The second-order valence-corrected chi connectivity index (χ2v) is 3.08. The van der Waals surface area contributed by atoms with Gasteiger partial charge in [0.25, 0.3) is 0 Å². The summed E-state index contributed by atoms with van der Waals surface area (Å²) in [5.74, 6) is -0.0135. The van der Waals surface area contributed by atoms with Crippen LogP contribution in [0.15, 0.2) is 24.3 Å². The molecule has 0 fully saturated rings. The Kier molecular flexibility index (Phi) is 4.63. The Labute approximate surface area is 88.9 Å². The first-order valence-corrected chi connectivity index (χ1v) is 4.86. The van der Waals surface area contributed by atoms with Crippen LogP contribution in [0.25, 0.3) is 0 Å². The smallest absolute Gasteiger partial charge is 0.319 e. The van der Waals surface area contributed by atoms with E-state index in [4.69, 9.17) is 9.84 Å². The summed E-state index contributed by atoms with van der Waals surface area (Å²) in [4.78, 5) is 11.0. The molecule has 1 rings (SSSR count). The van der Waals surface area contributed by atoms with E-state index in [1.165, 1.54) is 0 Å². The van der Waals surface area contributed by atoms with Gasteiger partial charge in [0, 0.05) is 6.54 Å². The Morgan fingerprint density at radius 3 is 2.67 bits per heavy atom. The van der Waals surface area contributed by atoms with Crippen molar-refractivity contribution in [3.63, 3.8) is 0 Å². The third-order valence-corrected chi connectivity index (χ3v) is 1.84. The van der Waals surface area contributed by atoms with E-state index >= 15 is 0 Å². The molecule has 15 heavy (non-hydrogen) atoms.